The topological polar surface area (TPSA) is 32.3 Å². The molecule has 2 rings (SSSR count). The largest absolute Gasteiger partial charge is 0.415 e. The van der Waals surface area contributed by atoms with E-state index in [1.165, 1.54) is 0 Å². The molecule has 1 aromatic rings. The number of rotatable bonds is 3. The average molecular weight is 277 g/mol. The van der Waals surface area contributed by atoms with Gasteiger partial charge in [-0.1, -0.05) is 18.2 Å². The molecule has 6 heteroatoms. The third kappa shape index (κ3) is 3.18. The maximum absolute atomic E-state index is 12.2. The van der Waals surface area contributed by atoms with Crippen LogP contribution in [0.1, 0.15) is 18.0 Å². The molecule has 18 heavy (non-hydrogen) atoms. The van der Waals surface area contributed by atoms with E-state index in [0.29, 0.717) is 0 Å². The first-order chi connectivity index (χ1) is 8.48. The third-order valence-corrected chi connectivity index (χ3v) is 4.02. The van der Waals surface area contributed by atoms with Gasteiger partial charge < -0.3 is 10.4 Å². The predicted molar refractivity (Wildman–Crippen MR) is 64.6 cm³/mol. The van der Waals surface area contributed by atoms with Gasteiger partial charge in [-0.2, -0.15) is 13.2 Å². The van der Waals surface area contributed by atoms with Gasteiger partial charge in [0, 0.05) is 17.5 Å². The molecule has 0 aromatic heterocycles. The Hall–Kier alpha value is -0.720. The van der Waals surface area contributed by atoms with Gasteiger partial charge in [-0.25, -0.2) is 0 Å². The minimum atomic E-state index is -4.56. The van der Waals surface area contributed by atoms with Crippen LogP contribution in [0, 0.1) is 0 Å². The second-order valence-corrected chi connectivity index (χ2v) is 5.33. The van der Waals surface area contributed by atoms with Crippen molar-refractivity contribution in [2.45, 2.75) is 29.6 Å². The highest BCUT2D eigenvalue weighted by Crippen LogP contribution is 2.35. The van der Waals surface area contributed by atoms with Gasteiger partial charge in [0.1, 0.15) is 0 Å². The average Bonchev–Trinajstić information content (AvgIpc) is 2.34. The van der Waals surface area contributed by atoms with Crippen molar-refractivity contribution in [3.05, 3.63) is 29.8 Å². The van der Waals surface area contributed by atoms with Crippen molar-refractivity contribution in [3.8, 4) is 0 Å². The number of aliphatic hydroxyl groups excluding tert-OH is 1. The van der Waals surface area contributed by atoms with Crippen LogP contribution in [0.25, 0.3) is 0 Å². The van der Waals surface area contributed by atoms with Crippen molar-refractivity contribution in [1.29, 1.82) is 0 Å². The Kier molecular flexibility index (Phi) is 4.19. The van der Waals surface area contributed by atoms with Crippen LogP contribution in [0.4, 0.5) is 13.2 Å². The van der Waals surface area contributed by atoms with Crippen LogP contribution in [-0.2, 0) is 0 Å². The van der Waals surface area contributed by atoms with Crippen LogP contribution in [0.5, 0.6) is 0 Å². The van der Waals surface area contributed by atoms with Crippen molar-refractivity contribution in [2.75, 3.05) is 12.3 Å². The number of halogens is 3. The summed E-state index contributed by atoms with van der Waals surface area (Å²) in [6, 6.07) is 7.56. The highest BCUT2D eigenvalue weighted by Gasteiger charge is 2.38. The number of alkyl halides is 3. The molecular formula is C12H14F3NOS. The molecule has 2 N–H and O–H groups in total. The molecule has 1 aliphatic heterocycles. The lowest BCUT2D eigenvalue weighted by molar-refractivity contribution is -0.202. The standard InChI is InChI=1S/C12H14F3NOS/c13-12(14,15)11(17)7-16-9-5-6-18-10-4-2-1-3-8(9)10/h1-4,9,11,16-17H,5-7H2. The highest BCUT2D eigenvalue weighted by atomic mass is 32.2. The lowest BCUT2D eigenvalue weighted by atomic mass is 10.0. The molecule has 0 spiro atoms. The maximum Gasteiger partial charge on any atom is 0.415 e. The molecule has 2 nitrogen and oxygen atoms in total. The Labute approximate surface area is 108 Å². The van der Waals surface area contributed by atoms with Crippen molar-refractivity contribution in [2.24, 2.45) is 0 Å². The minimum Gasteiger partial charge on any atom is -0.382 e. The van der Waals surface area contributed by atoms with Gasteiger partial charge in [0.15, 0.2) is 6.10 Å². The van der Waals surface area contributed by atoms with Crippen molar-refractivity contribution in [1.82, 2.24) is 5.32 Å². The zero-order valence-corrected chi connectivity index (χ0v) is 10.4. The van der Waals surface area contributed by atoms with Gasteiger partial charge in [0.25, 0.3) is 0 Å². The van der Waals surface area contributed by atoms with Crippen LogP contribution in [0.15, 0.2) is 29.2 Å². The lowest BCUT2D eigenvalue weighted by Crippen LogP contribution is -2.40. The molecule has 0 amide bonds. The Morgan fingerprint density at radius 2 is 2.11 bits per heavy atom. The van der Waals surface area contributed by atoms with Crippen LogP contribution in [0.3, 0.4) is 0 Å². The highest BCUT2D eigenvalue weighted by molar-refractivity contribution is 7.99. The molecule has 0 fully saturated rings. The quantitative estimate of drug-likeness (QED) is 0.891. The van der Waals surface area contributed by atoms with Crippen LogP contribution in [-0.4, -0.2) is 29.7 Å². The third-order valence-electron chi connectivity index (χ3n) is 2.89. The number of nitrogens with one attached hydrogen (secondary N) is 1. The summed E-state index contributed by atoms with van der Waals surface area (Å²) in [5.74, 6) is 0.872. The Morgan fingerprint density at radius 1 is 1.39 bits per heavy atom. The van der Waals surface area contributed by atoms with E-state index in [9.17, 15) is 13.2 Å². The Balaban J connectivity index is 2.00. The molecule has 2 unspecified atom stereocenters. The molecule has 100 valence electrons. The molecule has 1 aromatic carbocycles. The molecule has 1 heterocycles. The fourth-order valence-corrected chi connectivity index (χ4v) is 3.05. The lowest BCUT2D eigenvalue weighted by Gasteiger charge is -2.27. The number of aliphatic hydroxyl groups is 1. The summed E-state index contributed by atoms with van der Waals surface area (Å²) in [6.07, 6.45) is -6.10. The van der Waals surface area contributed by atoms with Gasteiger partial charge in [-0.05, 0) is 23.8 Å². The Morgan fingerprint density at radius 3 is 2.83 bits per heavy atom. The number of hydrogen-bond acceptors (Lipinski definition) is 3. The van der Waals surface area contributed by atoms with Crippen LogP contribution in [0.2, 0.25) is 0 Å². The van der Waals surface area contributed by atoms with Crippen LogP contribution >= 0.6 is 11.8 Å². The monoisotopic (exact) mass is 277 g/mol. The predicted octanol–water partition coefficient (Wildman–Crippen LogP) is 2.74. The number of thioether (sulfide) groups is 1. The summed E-state index contributed by atoms with van der Waals surface area (Å²) in [5, 5.41) is 11.8. The number of fused-ring (bicyclic) bond motifs is 1. The van der Waals surface area contributed by atoms with E-state index in [4.69, 9.17) is 5.11 Å². The summed E-state index contributed by atoms with van der Waals surface area (Å²) < 4.78 is 36.6. The van der Waals surface area contributed by atoms with Gasteiger partial charge in [0.2, 0.25) is 0 Å². The maximum atomic E-state index is 12.2. The Bertz CT molecular complexity index is 411. The fourth-order valence-electron chi connectivity index (χ4n) is 1.92. The normalized spacial score (nSPS) is 21.4. The van der Waals surface area contributed by atoms with Gasteiger partial charge in [-0.15, -0.1) is 11.8 Å². The van der Waals surface area contributed by atoms with E-state index in [2.05, 4.69) is 5.32 Å². The van der Waals surface area contributed by atoms with E-state index in [0.717, 1.165) is 22.6 Å². The van der Waals surface area contributed by atoms with E-state index in [1.54, 1.807) is 11.8 Å². The molecular weight excluding hydrogens is 263 g/mol. The van der Waals surface area contributed by atoms with Gasteiger partial charge in [-0.3, -0.25) is 0 Å². The first-order valence-corrected chi connectivity index (χ1v) is 6.67. The molecule has 2 atom stereocenters. The van der Waals surface area contributed by atoms with Crippen LogP contribution < -0.4 is 5.32 Å². The summed E-state index contributed by atoms with van der Waals surface area (Å²) in [7, 11) is 0. The SMILES string of the molecule is OC(CNC1CCSc2ccccc21)C(F)(F)F. The van der Waals surface area contributed by atoms with Crippen molar-refractivity contribution >= 4 is 11.8 Å². The molecule has 0 saturated carbocycles. The molecule has 0 saturated heterocycles. The van der Waals surface area contributed by atoms with E-state index in [1.807, 2.05) is 24.3 Å². The number of benzene rings is 1. The first kappa shape index (κ1) is 13.7. The summed E-state index contributed by atoms with van der Waals surface area (Å²) >= 11 is 1.71. The second kappa shape index (κ2) is 5.50. The first-order valence-electron chi connectivity index (χ1n) is 5.68. The summed E-state index contributed by atoms with van der Waals surface area (Å²) in [6.45, 7) is -0.465. The van der Waals surface area contributed by atoms with E-state index >= 15 is 0 Å². The number of hydrogen-bond donors (Lipinski definition) is 2. The molecule has 0 aliphatic carbocycles. The fraction of sp³-hybridized carbons (Fsp3) is 0.500. The van der Waals surface area contributed by atoms with E-state index < -0.39 is 18.8 Å². The molecule has 0 bridgehead atoms. The smallest absolute Gasteiger partial charge is 0.382 e. The van der Waals surface area contributed by atoms with Crippen molar-refractivity contribution in [3.63, 3.8) is 0 Å². The van der Waals surface area contributed by atoms with Gasteiger partial charge in [0.05, 0.1) is 0 Å². The zero-order chi connectivity index (χ0) is 13.2. The minimum absolute atomic E-state index is 0.112. The van der Waals surface area contributed by atoms with Crippen molar-refractivity contribution < 1.29 is 18.3 Å². The summed E-state index contributed by atoms with van der Waals surface area (Å²) in [4.78, 5) is 1.10. The van der Waals surface area contributed by atoms with E-state index in [-0.39, 0.29) is 6.04 Å². The van der Waals surface area contributed by atoms with Gasteiger partial charge >= 0.3 is 6.18 Å². The molecule has 0 radical (unpaired) electrons. The zero-order valence-electron chi connectivity index (χ0n) is 9.57. The summed E-state index contributed by atoms with van der Waals surface area (Å²) in [5.41, 5.74) is 1.02. The molecule has 1 aliphatic rings. The second-order valence-electron chi connectivity index (χ2n) is 4.19.